The van der Waals surface area contributed by atoms with Gasteiger partial charge in [-0.05, 0) is 17.4 Å². The van der Waals surface area contributed by atoms with Crippen molar-refractivity contribution in [1.29, 1.82) is 0 Å². The minimum Gasteiger partial charge on any atom is -0.480 e. The number of nitrogens with zero attached hydrogens (tertiary/aromatic N) is 1. The van der Waals surface area contributed by atoms with Crippen LogP contribution >= 0.6 is 0 Å². The Morgan fingerprint density at radius 2 is 2.00 bits per heavy atom. The van der Waals surface area contributed by atoms with E-state index in [9.17, 15) is 4.79 Å². The lowest BCUT2D eigenvalue weighted by molar-refractivity contribution is -0.135. The van der Waals surface area contributed by atoms with E-state index in [1.54, 1.807) is 6.21 Å². The number of aliphatic imine (C=N–C) groups is 1. The van der Waals surface area contributed by atoms with Crippen molar-refractivity contribution in [3.05, 3.63) is 35.9 Å². The molecule has 3 nitrogen and oxygen atoms in total. The zero-order valence-corrected chi connectivity index (χ0v) is 9.68. The van der Waals surface area contributed by atoms with Gasteiger partial charge in [-0.2, -0.15) is 0 Å². The molecule has 0 unspecified atom stereocenters. The second kappa shape index (κ2) is 5.45. The Labute approximate surface area is 95.8 Å². The van der Waals surface area contributed by atoms with Gasteiger partial charge < -0.3 is 5.11 Å². The second-order valence-corrected chi connectivity index (χ2v) is 4.37. The summed E-state index contributed by atoms with van der Waals surface area (Å²) in [5, 5.41) is 8.45. The largest absolute Gasteiger partial charge is 0.480 e. The Morgan fingerprint density at radius 3 is 2.56 bits per heavy atom. The molecule has 3 heteroatoms. The molecule has 1 aromatic carbocycles. The lowest BCUT2D eigenvalue weighted by Gasteiger charge is -2.23. The summed E-state index contributed by atoms with van der Waals surface area (Å²) < 4.78 is 0. The van der Waals surface area contributed by atoms with Crippen LogP contribution in [0.4, 0.5) is 0 Å². The maximum atomic E-state index is 10.3. The maximum Gasteiger partial charge on any atom is 0.325 e. The van der Waals surface area contributed by atoms with E-state index in [0.29, 0.717) is 0 Å². The lowest BCUT2D eigenvalue weighted by Crippen LogP contribution is -2.17. The Bertz CT molecular complexity index is 369. The van der Waals surface area contributed by atoms with Crippen LogP contribution in [0.15, 0.2) is 35.3 Å². The van der Waals surface area contributed by atoms with Gasteiger partial charge in [-0.25, -0.2) is 0 Å². The fraction of sp³-hybridized carbons (Fsp3) is 0.385. The number of hydrogen-bond acceptors (Lipinski definition) is 2. The zero-order valence-electron chi connectivity index (χ0n) is 9.68. The molecule has 0 aliphatic heterocycles. The van der Waals surface area contributed by atoms with Crippen LogP contribution in [0.2, 0.25) is 0 Å². The van der Waals surface area contributed by atoms with Gasteiger partial charge in [0.25, 0.3) is 0 Å². The molecule has 1 N–H and O–H groups in total. The Hall–Kier alpha value is -1.64. The van der Waals surface area contributed by atoms with Crippen molar-refractivity contribution in [2.24, 2.45) is 4.99 Å². The molecule has 0 saturated carbocycles. The van der Waals surface area contributed by atoms with E-state index in [1.165, 1.54) is 5.56 Å². The fourth-order valence-corrected chi connectivity index (χ4v) is 1.44. The smallest absolute Gasteiger partial charge is 0.325 e. The number of carboxylic acids is 1. The summed E-state index contributed by atoms with van der Waals surface area (Å²) in [6.07, 6.45) is 2.44. The van der Waals surface area contributed by atoms with E-state index < -0.39 is 5.97 Å². The fourth-order valence-electron chi connectivity index (χ4n) is 1.44. The lowest BCUT2D eigenvalue weighted by atomic mass is 9.82. The predicted octanol–water partition coefficient (Wildman–Crippen LogP) is 2.51. The summed E-state index contributed by atoms with van der Waals surface area (Å²) in [4.78, 5) is 14.1. The average molecular weight is 219 g/mol. The van der Waals surface area contributed by atoms with Crippen LogP contribution in [0, 0.1) is 0 Å². The zero-order chi connectivity index (χ0) is 12.0. The van der Waals surface area contributed by atoms with Crippen molar-refractivity contribution in [2.75, 3.05) is 6.54 Å². The highest BCUT2D eigenvalue weighted by molar-refractivity contribution is 5.72. The first-order valence-corrected chi connectivity index (χ1v) is 5.28. The SMILES string of the molecule is CC(C)(CC=NCC(=O)O)c1ccccc1. The Balaban J connectivity index is 2.59. The third kappa shape index (κ3) is 3.85. The molecular weight excluding hydrogens is 202 g/mol. The third-order valence-corrected chi connectivity index (χ3v) is 2.51. The number of aliphatic carboxylic acids is 1. The molecule has 0 aromatic heterocycles. The van der Waals surface area contributed by atoms with Crippen LogP contribution in [0.1, 0.15) is 25.8 Å². The van der Waals surface area contributed by atoms with E-state index in [0.717, 1.165) is 6.42 Å². The van der Waals surface area contributed by atoms with Crippen LogP contribution < -0.4 is 0 Å². The summed E-state index contributed by atoms with van der Waals surface area (Å²) in [6.45, 7) is 4.09. The summed E-state index contributed by atoms with van der Waals surface area (Å²) in [7, 11) is 0. The van der Waals surface area contributed by atoms with Crippen molar-refractivity contribution in [2.45, 2.75) is 25.7 Å². The van der Waals surface area contributed by atoms with Crippen molar-refractivity contribution in [1.82, 2.24) is 0 Å². The van der Waals surface area contributed by atoms with Crippen molar-refractivity contribution < 1.29 is 9.90 Å². The molecule has 0 aliphatic carbocycles. The van der Waals surface area contributed by atoms with E-state index in [-0.39, 0.29) is 12.0 Å². The molecule has 0 saturated heterocycles. The summed E-state index contributed by atoms with van der Waals surface area (Å²) >= 11 is 0. The molecule has 86 valence electrons. The molecule has 0 atom stereocenters. The molecule has 1 rings (SSSR count). The molecule has 1 aromatic rings. The standard InChI is InChI=1S/C13H17NO2/c1-13(2,8-9-14-10-12(15)16)11-6-4-3-5-7-11/h3-7,9H,8,10H2,1-2H3,(H,15,16). The van der Waals surface area contributed by atoms with Crippen molar-refractivity contribution in [3.8, 4) is 0 Å². The first-order valence-electron chi connectivity index (χ1n) is 5.28. The van der Waals surface area contributed by atoms with Crippen LogP contribution in [0.25, 0.3) is 0 Å². The van der Waals surface area contributed by atoms with Gasteiger partial charge in [0, 0.05) is 6.21 Å². The Kier molecular flexibility index (Phi) is 4.23. The van der Waals surface area contributed by atoms with Crippen molar-refractivity contribution in [3.63, 3.8) is 0 Å². The van der Waals surface area contributed by atoms with Crippen LogP contribution in [0.5, 0.6) is 0 Å². The molecule has 0 amide bonds. The molecule has 0 spiro atoms. The summed E-state index contributed by atoms with van der Waals surface area (Å²) in [5.74, 6) is -0.895. The van der Waals surface area contributed by atoms with Crippen LogP contribution in [-0.4, -0.2) is 23.8 Å². The van der Waals surface area contributed by atoms with Gasteiger partial charge in [-0.15, -0.1) is 0 Å². The van der Waals surface area contributed by atoms with Gasteiger partial charge in [0.05, 0.1) is 0 Å². The van der Waals surface area contributed by atoms with E-state index in [4.69, 9.17) is 5.11 Å². The minimum atomic E-state index is -0.895. The highest BCUT2D eigenvalue weighted by Gasteiger charge is 2.18. The number of benzene rings is 1. The maximum absolute atomic E-state index is 10.3. The van der Waals surface area contributed by atoms with Crippen LogP contribution in [0.3, 0.4) is 0 Å². The normalized spacial score (nSPS) is 11.9. The first-order chi connectivity index (χ1) is 7.52. The van der Waals surface area contributed by atoms with Crippen LogP contribution in [-0.2, 0) is 10.2 Å². The first kappa shape index (κ1) is 12.4. The van der Waals surface area contributed by atoms with E-state index >= 15 is 0 Å². The summed E-state index contributed by atoms with van der Waals surface area (Å²) in [6, 6.07) is 10.1. The topological polar surface area (TPSA) is 49.7 Å². The molecule has 0 aliphatic rings. The van der Waals surface area contributed by atoms with Gasteiger partial charge in [0.2, 0.25) is 0 Å². The number of hydrogen-bond donors (Lipinski definition) is 1. The van der Waals surface area contributed by atoms with Gasteiger partial charge in [0.15, 0.2) is 0 Å². The second-order valence-electron chi connectivity index (χ2n) is 4.37. The van der Waals surface area contributed by atoms with E-state index in [1.807, 2.05) is 18.2 Å². The van der Waals surface area contributed by atoms with E-state index in [2.05, 4.69) is 31.0 Å². The molecule has 16 heavy (non-hydrogen) atoms. The Morgan fingerprint density at radius 1 is 1.38 bits per heavy atom. The quantitative estimate of drug-likeness (QED) is 0.773. The highest BCUT2D eigenvalue weighted by Crippen LogP contribution is 2.25. The molecule has 0 radical (unpaired) electrons. The minimum absolute atomic E-state index is 0.0107. The highest BCUT2D eigenvalue weighted by atomic mass is 16.4. The summed E-state index contributed by atoms with van der Waals surface area (Å²) in [5.41, 5.74) is 1.22. The molecule has 0 fully saturated rings. The van der Waals surface area contributed by atoms with Crippen molar-refractivity contribution >= 4 is 12.2 Å². The number of carbonyl (C=O) groups is 1. The predicted molar refractivity (Wildman–Crippen MR) is 65.1 cm³/mol. The van der Waals surface area contributed by atoms with Gasteiger partial charge in [-0.3, -0.25) is 9.79 Å². The third-order valence-electron chi connectivity index (χ3n) is 2.51. The molecule has 0 heterocycles. The number of rotatable bonds is 5. The molecular formula is C13H17NO2. The average Bonchev–Trinajstić information content (AvgIpc) is 2.26. The van der Waals surface area contributed by atoms with Gasteiger partial charge in [0.1, 0.15) is 6.54 Å². The monoisotopic (exact) mass is 219 g/mol. The van der Waals surface area contributed by atoms with Gasteiger partial charge in [-0.1, -0.05) is 44.2 Å². The van der Waals surface area contributed by atoms with Gasteiger partial charge >= 0.3 is 5.97 Å². The number of carboxylic acid groups (broad SMARTS) is 1. The molecule has 0 bridgehead atoms.